The molecular formula is C16H17F2N5OS. The van der Waals surface area contributed by atoms with Crippen molar-refractivity contribution in [2.24, 2.45) is 0 Å². The molecule has 0 bridgehead atoms. The molecule has 6 nitrogen and oxygen atoms in total. The summed E-state index contributed by atoms with van der Waals surface area (Å²) in [7, 11) is 0. The topological polar surface area (TPSA) is 64.3 Å². The number of anilines is 1. The van der Waals surface area contributed by atoms with Crippen molar-refractivity contribution in [3.05, 3.63) is 28.6 Å². The summed E-state index contributed by atoms with van der Waals surface area (Å²) >= 11 is 1.41. The lowest BCUT2D eigenvalue weighted by Crippen LogP contribution is -2.32. The first-order valence-electron chi connectivity index (χ1n) is 7.87. The zero-order valence-corrected chi connectivity index (χ0v) is 14.4. The van der Waals surface area contributed by atoms with Crippen molar-refractivity contribution in [3.8, 4) is 16.7 Å². The van der Waals surface area contributed by atoms with Crippen LogP contribution in [-0.4, -0.2) is 33.6 Å². The molecule has 0 unspecified atom stereocenters. The third-order valence-electron chi connectivity index (χ3n) is 3.86. The third-order valence-corrected chi connectivity index (χ3v) is 4.82. The van der Waals surface area contributed by atoms with E-state index in [0.29, 0.717) is 29.5 Å². The fraction of sp³-hybridized carbons (Fsp3) is 0.500. The number of thiazole rings is 1. The Kier molecular flexibility index (Phi) is 5.08. The molecule has 2 aromatic heterocycles. The Morgan fingerprint density at radius 2 is 2.12 bits per heavy atom. The molecule has 2 aromatic rings. The Balaban J connectivity index is 1.81. The Hall–Kier alpha value is -2.34. The molecular weight excluding hydrogens is 348 g/mol. The number of ether oxygens (including phenoxy) is 1. The first kappa shape index (κ1) is 17.5. The maximum absolute atomic E-state index is 13.3. The second-order valence-electron chi connectivity index (χ2n) is 5.92. The van der Waals surface area contributed by atoms with E-state index in [4.69, 9.17) is 11.3 Å². The summed E-state index contributed by atoms with van der Waals surface area (Å²) in [5, 5.41) is 5.72. The Morgan fingerprint density at radius 1 is 1.36 bits per heavy atom. The van der Waals surface area contributed by atoms with E-state index in [-0.39, 0.29) is 31.5 Å². The van der Waals surface area contributed by atoms with Crippen molar-refractivity contribution in [1.82, 2.24) is 15.0 Å². The summed E-state index contributed by atoms with van der Waals surface area (Å²) in [6.45, 7) is 8.55. The van der Waals surface area contributed by atoms with Crippen molar-refractivity contribution in [2.75, 3.05) is 12.0 Å². The van der Waals surface area contributed by atoms with Gasteiger partial charge < -0.3 is 10.1 Å². The summed E-state index contributed by atoms with van der Waals surface area (Å²) in [4.78, 5) is 16.2. The molecule has 1 N–H and O–H groups in total. The highest BCUT2D eigenvalue weighted by Gasteiger charge is 2.35. The fourth-order valence-corrected chi connectivity index (χ4v) is 3.35. The Labute approximate surface area is 148 Å². The van der Waals surface area contributed by atoms with Gasteiger partial charge in [0, 0.05) is 36.0 Å². The normalized spacial score (nSPS) is 17.0. The molecule has 9 heteroatoms. The molecule has 0 spiro atoms. The maximum Gasteiger partial charge on any atom is 0.358 e. The molecule has 0 amide bonds. The van der Waals surface area contributed by atoms with Crippen LogP contribution >= 0.6 is 11.3 Å². The van der Waals surface area contributed by atoms with E-state index in [9.17, 15) is 8.78 Å². The predicted molar refractivity (Wildman–Crippen MR) is 90.8 cm³/mol. The zero-order valence-electron chi connectivity index (χ0n) is 13.6. The summed E-state index contributed by atoms with van der Waals surface area (Å²) in [5.41, 5.74) is 0.861. The SMILES string of the molecule is [C-]#[N+]COc1cc(NC2CCC(F)(F)CC2)nc(-c2nc(C)cs2)n1. The number of hydrogen-bond acceptors (Lipinski definition) is 6. The minimum Gasteiger partial charge on any atom is -0.408 e. The van der Waals surface area contributed by atoms with Crippen LogP contribution in [0, 0.1) is 13.5 Å². The predicted octanol–water partition coefficient (Wildman–Crippen LogP) is 4.15. The number of aryl methyl sites for hydroxylation is 1. The van der Waals surface area contributed by atoms with Crippen molar-refractivity contribution in [2.45, 2.75) is 44.6 Å². The highest BCUT2D eigenvalue weighted by molar-refractivity contribution is 7.13. The molecule has 0 atom stereocenters. The lowest BCUT2D eigenvalue weighted by Gasteiger charge is -2.29. The van der Waals surface area contributed by atoms with Crippen LogP contribution in [0.4, 0.5) is 14.6 Å². The number of aromatic nitrogens is 3. The summed E-state index contributed by atoms with van der Waals surface area (Å²) < 4.78 is 31.9. The van der Waals surface area contributed by atoms with Gasteiger partial charge >= 0.3 is 6.73 Å². The summed E-state index contributed by atoms with van der Waals surface area (Å²) in [5.74, 6) is -1.42. The van der Waals surface area contributed by atoms with E-state index in [1.165, 1.54) is 11.3 Å². The van der Waals surface area contributed by atoms with Gasteiger partial charge in [-0.25, -0.2) is 25.3 Å². The number of alkyl halides is 2. The molecule has 0 saturated heterocycles. The van der Waals surface area contributed by atoms with Gasteiger partial charge in [-0.3, -0.25) is 4.85 Å². The molecule has 0 aromatic carbocycles. The van der Waals surface area contributed by atoms with Gasteiger partial charge in [0.15, 0.2) is 10.8 Å². The minimum absolute atomic E-state index is 0.0749. The molecule has 1 aliphatic rings. The van der Waals surface area contributed by atoms with Crippen LogP contribution in [0.15, 0.2) is 11.4 Å². The lowest BCUT2D eigenvalue weighted by atomic mass is 9.92. The Bertz CT molecular complexity index is 779. The van der Waals surface area contributed by atoms with Gasteiger partial charge in [0.1, 0.15) is 5.82 Å². The number of nitrogens with zero attached hydrogens (tertiary/aromatic N) is 4. The van der Waals surface area contributed by atoms with E-state index in [0.717, 1.165) is 5.69 Å². The van der Waals surface area contributed by atoms with Crippen LogP contribution in [0.1, 0.15) is 31.4 Å². The van der Waals surface area contributed by atoms with Crippen LogP contribution in [0.2, 0.25) is 0 Å². The van der Waals surface area contributed by atoms with Gasteiger partial charge in [0.05, 0.1) is 0 Å². The van der Waals surface area contributed by atoms with Crippen LogP contribution in [0.3, 0.4) is 0 Å². The molecule has 2 heterocycles. The van der Waals surface area contributed by atoms with Gasteiger partial charge in [0.25, 0.3) is 0 Å². The smallest absolute Gasteiger partial charge is 0.358 e. The fourth-order valence-electron chi connectivity index (χ4n) is 2.62. The molecule has 0 aliphatic heterocycles. The van der Waals surface area contributed by atoms with E-state index < -0.39 is 5.92 Å². The van der Waals surface area contributed by atoms with Crippen LogP contribution in [-0.2, 0) is 0 Å². The van der Waals surface area contributed by atoms with Crippen molar-refractivity contribution in [1.29, 1.82) is 0 Å². The zero-order chi connectivity index (χ0) is 17.9. The third kappa shape index (κ3) is 4.60. The highest BCUT2D eigenvalue weighted by Crippen LogP contribution is 2.34. The first-order chi connectivity index (χ1) is 11.9. The number of rotatable bonds is 5. The van der Waals surface area contributed by atoms with Gasteiger partial charge in [-0.2, -0.15) is 4.98 Å². The number of halogens is 2. The monoisotopic (exact) mass is 365 g/mol. The minimum atomic E-state index is -2.57. The average molecular weight is 365 g/mol. The lowest BCUT2D eigenvalue weighted by molar-refractivity contribution is -0.0361. The molecule has 1 saturated carbocycles. The van der Waals surface area contributed by atoms with Crippen LogP contribution < -0.4 is 10.1 Å². The van der Waals surface area contributed by atoms with E-state index >= 15 is 0 Å². The molecule has 25 heavy (non-hydrogen) atoms. The van der Waals surface area contributed by atoms with Crippen LogP contribution in [0.5, 0.6) is 5.88 Å². The molecule has 132 valence electrons. The van der Waals surface area contributed by atoms with Gasteiger partial charge in [-0.1, -0.05) is 0 Å². The van der Waals surface area contributed by atoms with Gasteiger partial charge in [-0.05, 0) is 19.8 Å². The standard InChI is InChI=1S/C16H17F2N5OS/c1-10-8-25-15(20-10)14-22-12(7-13(23-14)24-9-19-2)21-11-3-5-16(17,18)6-4-11/h7-8,11H,3-6,9H2,1H3,(H,21,22,23). The molecule has 1 fully saturated rings. The largest absolute Gasteiger partial charge is 0.408 e. The highest BCUT2D eigenvalue weighted by atomic mass is 32.1. The van der Waals surface area contributed by atoms with Crippen molar-refractivity contribution < 1.29 is 13.5 Å². The number of hydrogen-bond donors (Lipinski definition) is 1. The summed E-state index contributed by atoms with van der Waals surface area (Å²) in [6, 6.07) is 1.51. The second kappa shape index (κ2) is 7.27. The quantitative estimate of drug-likeness (QED) is 0.806. The van der Waals surface area contributed by atoms with E-state index in [1.54, 1.807) is 6.07 Å². The second-order valence-corrected chi connectivity index (χ2v) is 6.77. The van der Waals surface area contributed by atoms with Gasteiger partial charge in [0.2, 0.25) is 11.8 Å². The van der Waals surface area contributed by atoms with Crippen LogP contribution in [0.25, 0.3) is 15.7 Å². The molecule has 0 radical (unpaired) electrons. The van der Waals surface area contributed by atoms with Crippen molar-refractivity contribution >= 4 is 17.2 Å². The molecule has 1 aliphatic carbocycles. The molecule has 3 rings (SSSR count). The number of nitrogens with one attached hydrogen (secondary N) is 1. The van der Waals surface area contributed by atoms with Gasteiger partial charge in [-0.15, -0.1) is 11.3 Å². The Morgan fingerprint density at radius 3 is 2.76 bits per heavy atom. The average Bonchev–Trinajstić information content (AvgIpc) is 3.01. The first-order valence-corrected chi connectivity index (χ1v) is 8.75. The van der Waals surface area contributed by atoms with Crippen molar-refractivity contribution in [3.63, 3.8) is 0 Å². The van der Waals surface area contributed by atoms with E-state index in [1.807, 2.05) is 12.3 Å². The maximum atomic E-state index is 13.3. The summed E-state index contributed by atoms with van der Waals surface area (Å²) in [6.07, 6.45) is 0.493. The van der Waals surface area contributed by atoms with E-state index in [2.05, 4.69) is 25.1 Å².